The van der Waals surface area contributed by atoms with Gasteiger partial charge in [0.1, 0.15) is 0 Å². The summed E-state index contributed by atoms with van der Waals surface area (Å²) in [5.74, 6) is 0.743. The molecule has 0 radical (unpaired) electrons. The van der Waals surface area contributed by atoms with E-state index in [9.17, 15) is 4.79 Å². The smallest absolute Gasteiger partial charge is 0.220 e. The van der Waals surface area contributed by atoms with Crippen LogP contribution >= 0.6 is 0 Å². The van der Waals surface area contributed by atoms with Crippen LogP contribution in [0.15, 0.2) is 0 Å². The second-order valence-corrected chi connectivity index (χ2v) is 5.75. The van der Waals surface area contributed by atoms with Crippen molar-refractivity contribution < 1.29 is 4.79 Å². The minimum absolute atomic E-state index is 0.114. The van der Waals surface area contributed by atoms with Gasteiger partial charge in [-0.2, -0.15) is 0 Å². The molecule has 15 heavy (non-hydrogen) atoms. The summed E-state index contributed by atoms with van der Waals surface area (Å²) in [6, 6.07) is 0. The van der Waals surface area contributed by atoms with Gasteiger partial charge in [0.05, 0.1) is 0 Å². The molecule has 1 amide bonds. The van der Waals surface area contributed by atoms with Crippen molar-refractivity contribution in [3.63, 3.8) is 0 Å². The van der Waals surface area contributed by atoms with Crippen molar-refractivity contribution in [3.8, 4) is 0 Å². The molecule has 3 nitrogen and oxygen atoms in total. The Morgan fingerprint density at radius 2 is 1.80 bits per heavy atom. The minimum Gasteiger partial charge on any atom is -0.369 e. The molecule has 1 aliphatic carbocycles. The van der Waals surface area contributed by atoms with E-state index in [0.717, 1.165) is 38.1 Å². The summed E-state index contributed by atoms with van der Waals surface area (Å²) >= 11 is 0. The minimum atomic E-state index is -0.114. The van der Waals surface area contributed by atoms with Crippen LogP contribution in [-0.4, -0.2) is 18.0 Å². The van der Waals surface area contributed by atoms with E-state index in [-0.39, 0.29) is 17.4 Å². The zero-order chi connectivity index (χ0) is 11.5. The largest absolute Gasteiger partial charge is 0.369 e. The first-order chi connectivity index (χ1) is 6.88. The maximum atomic E-state index is 11.0. The van der Waals surface area contributed by atoms with E-state index in [4.69, 9.17) is 5.73 Å². The molecule has 3 N–H and O–H groups in total. The zero-order valence-electron chi connectivity index (χ0n) is 10.2. The van der Waals surface area contributed by atoms with Gasteiger partial charge in [0.25, 0.3) is 0 Å². The highest BCUT2D eigenvalue weighted by molar-refractivity contribution is 5.76. The van der Waals surface area contributed by atoms with Gasteiger partial charge in [0.15, 0.2) is 0 Å². The Hall–Kier alpha value is -0.570. The average Bonchev–Trinajstić information content (AvgIpc) is 2.14. The Balaban J connectivity index is 2.23. The van der Waals surface area contributed by atoms with E-state index in [2.05, 4.69) is 26.1 Å². The summed E-state index contributed by atoms with van der Waals surface area (Å²) in [5.41, 5.74) is 5.50. The predicted octanol–water partition coefficient (Wildman–Crippen LogP) is 1.67. The van der Waals surface area contributed by atoms with Crippen molar-refractivity contribution in [1.29, 1.82) is 0 Å². The van der Waals surface area contributed by atoms with Crippen molar-refractivity contribution in [3.05, 3.63) is 0 Å². The topological polar surface area (TPSA) is 55.1 Å². The Kier molecular flexibility index (Phi) is 4.14. The van der Waals surface area contributed by atoms with Gasteiger partial charge < -0.3 is 11.1 Å². The Bertz CT molecular complexity index is 212. The lowest BCUT2D eigenvalue weighted by Crippen LogP contribution is -2.40. The number of hydrogen-bond donors (Lipinski definition) is 2. The fourth-order valence-corrected chi connectivity index (χ4v) is 2.10. The monoisotopic (exact) mass is 212 g/mol. The third-order valence-corrected chi connectivity index (χ3v) is 3.17. The number of carbonyl (C=O) groups excluding carboxylic acids is 1. The van der Waals surface area contributed by atoms with Gasteiger partial charge in [-0.1, -0.05) is 0 Å². The molecule has 0 heterocycles. The molecular formula is C12H24N2O. The van der Waals surface area contributed by atoms with Crippen LogP contribution in [0.4, 0.5) is 0 Å². The number of amides is 1. The average molecular weight is 212 g/mol. The van der Waals surface area contributed by atoms with Crippen molar-refractivity contribution in [2.24, 2.45) is 17.6 Å². The van der Waals surface area contributed by atoms with E-state index in [1.165, 1.54) is 0 Å². The van der Waals surface area contributed by atoms with Gasteiger partial charge in [-0.25, -0.2) is 0 Å². The molecule has 0 aromatic carbocycles. The van der Waals surface area contributed by atoms with Crippen LogP contribution in [0.1, 0.15) is 46.5 Å². The van der Waals surface area contributed by atoms with Gasteiger partial charge in [-0.05, 0) is 58.9 Å². The van der Waals surface area contributed by atoms with E-state index >= 15 is 0 Å². The van der Waals surface area contributed by atoms with Gasteiger partial charge in [-0.15, -0.1) is 0 Å². The van der Waals surface area contributed by atoms with Crippen LogP contribution < -0.4 is 11.1 Å². The molecule has 0 bridgehead atoms. The highest BCUT2D eigenvalue weighted by atomic mass is 16.1. The summed E-state index contributed by atoms with van der Waals surface area (Å²) in [6.45, 7) is 7.61. The normalized spacial score (nSPS) is 27.7. The van der Waals surface area contributed by atoms with Gasteiger partial charge in [0, 0.05) is 11.5 Å². The number of nitrogens with one attached hydrogen (secondary N) is 1. The SMILES string of the molecule is CC(C)(C)NCC1CCC(C(N)=O)CC1. The molecule has 1 fully saturated rings. The first-order valence-electron chi connectivity index (χ1n) is 5.93. The van der Waals surface area contributed by atoms with Crippen LogP contribution in [0, 0.1) is 11.8 Å². The lowest BCUT2D eigenvalue weighted by molar-refractivity contribution is -0.122. The molecule has 1 rings (SSSR count). The second kappa shape index (κ2) is 4.97. The molecule has 0 aromatic rings. The fraction of sp³-hybridized carbons (Fsp3) is 0.917. The van der Waals surface area contributed by atoms with Crippen molar-refractivity contribution in [1.82, 2.24) is 5.32 Å². The molecule has 88 valence electrons. The highest BCUT2D eigenvalue weighted by Gasteiger charge is 2.25. The van der Waals surface area contributed by atoms with E-state index in [1.54, 1.807) is 0 Å². The first kappa shape index (κ1) is 12.5. The number of rotatable bonds is 3. The van der Waals surface area contributed by atoms with E-state index < -0.39 is 0 Å². The third kappa shape index (κ3) is 4.65. The predicted molar refractivity (Wildman–Crippen MR) is 62.4 cm³/mol. The molecule has 0 spiro atoms. The summed E-state index contributed by atoms with van der Waals surface area (Å²) in [6.07, 6.45) is 4.23. The van der Waals surface area contributed by atoms with Crippen LogP contribution in [-0.2, 0) is 4.79 Å². The molecule has 0 aliphatic heterocycles. The van der Waals surface area contributed by atoms with Crippen LogP contribution in [0.3, 0.4) is 0 Å². The quantitative estimate of drug-likeness (QED) is 0.747. The molecular weight excluding hydrogens is 188 g/mol. The third-order valence-electron chi connectivity index (χ3n) is 3.17. The lowest BCUT2D eigenvalue weighted by atomic mass is 9.81. The first-order valence-corrected chi connectivity index (χ1v) is 5.93. The van der Waals surface area contributed by atoms with Crippen LogP contribution in [0.2, 0.25) is 0 Å². The van der Waals surface area contributed by atoms with Crippen molar-refractivity contribution in [2.75, 3.05) is 6.54 Å². The van der Waals surface area contributed by atoms with Crippen molar-refractivity contribution in [2.45, 2.75) is 52.0 Å². The maximum absolute atomic E-state index is 11.0. The highest BCUT2D eigenvalue weighted by Crippen LogP contribution is 2.28. The number of hydrogen-bond acceptors (Lipinski definition) is 2. The number of carbonyl (C=O) groups is 1. The summed E-state index contributed by atoms with van der Waals surface area (Å²) in [4.78, 5) is 11.0. The molecule has 0 atom stereocenters. The van der Waals surface area contributed by atoms with Gasteiger partial charge in [0.2, 0.25) is 5.91 Å². The van der Waals surface area contributed by atoms with Gasteiger partial charge >= 0.3 is 0 Å². The summed E-state index contributed by atoms with van der Waals surface area (Å²) in [7, 11) is 0. The fourth-order valence-electron chi connectivity index (χ4n) is 2.10. The standard InChI is InChI=1S/C12H24N2O/c1-12(2,3)14-8-9-4-6-10(7-5-9)11(13)15/h9-10,14H,4-8H2,1-3H3,(H2,13,15). The number of primary amides is 1. The second-order valence-electron chi connectivity index (χ2n) is 5.75. The molecule has 3 heteroatoms. The molecule has 0 aromatic heterocycles. The Morgan fingerprint density at radius 1 is 1.27 bits per heavy atom. The summed E-state index contributed by atoms with van der Waals surface area (Å²) in [5, 5.41) is 3.52. The van der Waals surface area contributed by atoms with Crippen molar-refractivity contribution >= 4 is 5.91 Å². The van der Waals surface area contributed by atoms with E-state index in [0.29, 0.717) is 0 Å². The van der Waals surface area contributed by atoms with Crippen LogP contribution in [0.5, 0.6) is 0 Å². The lowest BCUT2D eigenvalue weighted by Gasteiger charge is -2.30. The number of nitrogens with two attached hydrogens (primary N) is 1. The zero-order valence-corrected chi connectivity index (χ0v) is 10.2. The summed E-state index contributed by atoms with van der Waals surface area (Å²) < 4.78 is 0. The molecule has 0 unspecified atom stereocenters. The Labute approximate surface area is 92.8 Å². The van der Waals surface area contributed by atoms with Crippen LogP contribution in [0.25, 0.3) is 0 Å². The van der Waals surface area contributed by atoms with Gasteiger partial charge in [-0.3, -0.25) is 4.79 Å². The molecule has 1 aliphatic rings. The maximum Gasteiger partial charge on any atom is 0.220 e. The van der Waals surface area contributed by atoms with E-state index in [1.807, 2.05) is 0 Å². The molecule has 1 saturated carbocycles. The molecule has 0 saturated heterocycles. The Morgan fingerprint density at radius 3 is 2.20 bits per heavy atom.